The molecule has 0 aliphatic rings. The van der Waals surface area contributed by atoms with E-state index in [0.29, 0.717) is 0 Å². The molecule has 3 aromatic rings. The van der Waals surface area contributed by atoms with Crippen LogP contribution in [0.4, 0.5) is 5.69 Å². The highest BCUT2D eigenvalue weighted by Gasteiger charge is 2.05. The Bertz CT molecular complexity index is 951. The number of aryl methyl sites for hydroxylation is 1. The minimum atomic E-state index is -0.206. The van der Waals surface area contributed by atoms with E-state index in [0.717, 1.165) is 33.3 Å². The van der Waals surface area contributed by atoms with Gasteiger partial charge in [0.15, 0.2) is 0 Å². The van der Waals surface area contributed by atoms with Gasteiger partial charge in [-0.1, -0.05) is 42.5 Å². The highest BCUT2D eigenvalue weighted by molar-refractivity contribution is 6.02. The number of hydrazone groups is 1. The molecule has 3 aromatic carbocycles. The second kappa shape index (κ2) is 8.16. The first-order valence-electron chi connectivity index (χ1n) is 8.36. The van der Waals surface area contributed by atoms with E-state index in [1.807, 2.05) is 67.6 Å². The molecule has 132 valence electrons. The fraction of sp³-hybridized carbons (Fsp3) is 0.143. The maximum Gasteiger partial charge on any atom is 0.259 e. The number of nitrogens with zero attached hydrogens (tertiary/aromatic N) is 1. The summed E-state index contributed by atoms with van der Waals surface area (Å²) in [6.07, 6.45) is 1.65. The number of nitrogens with one attached hydrogen (secondary N) is 2. The van der Waals surface area contributed by atoms with E-state index in [9.17, 15) is 4.79 Å². The monoisotopic (exact) mass is 347 g/mol. The van der Waals surface area contributed by atoms with Gasteiger partial charge in [-0.2, -0.15) is 5.10 Å². The molecule has 0 aromatic heterocycles. The third-order valence-electron chi connectivity index (χ3n) is 4.12. The lowest BCUT2D eigenvalue weighted by molar-refractivity contribution is -0.119. The summed E-state index contributed by atoms with van der Waals surface area (Å²) in [5, 5.41) is 9.20. The molecule has 0 bridgehead atoms. The molecule has 3 rings (SSSR count). The Morgan fingerprint density at radius 3 is 2.54 bits per heavy atom. The zero-order valence-corrected chi connectivity index (χ0v) is 14.8. The first-order chi connectivity index (χ1) is 12.7. The molecule has 0 radical (unpaired) electrons. The lowest BCUT2D eigenvalue weighted by Crippen LogP contribution is -2.26. The summed E-state index contributed by atoms with van der Waals surface area (Å²) in [5.41, 5.74) is 5.49. The molecule has 0 fully saturated rings. The number of anilines is 1. The number of fused-ring (bicyclic) bond motifs is 1. The molecule has 0 aliphatic carbocycles. The Kier molecular flexibility index (Phi) is 5.49. The molecule has 0 atom stereocenters. The highest BCUT2D eigenvalue weighted by Crippen LogP contribution is 2.27. The smallest absolute Gasteiger partial charge is 0.259 e. The topological polar surface area (TPSA) is 62.7 Å². The fourth-order valence-corrected chi connectivity index (χ4v) is 2.75. The molecule has 2 N–H and O–H groups in total. The normalized spacial score (nSPS) is 10.8. The minimum absolute atomic E-state index is 0.158. The molecule has 0 heterocycles. The number of carbonyl (C=O) groups excluding carboxylic acids is 1. The van der Waals surface area contributed by atoms with Crippen LogP contribution in [0.3, 0.4) is 0 Å². The Balaban J connectivity index is 1.64. The van der Waals surface area contributed by atoms with Crippen molar-refractivity contribution in [1.82, 2.24) is 5.43 Å². The summed E-state index contributed by atoms with van der Waals surface area (Å²) >= 11 is 0. The lowest BCUT2D eigenvalue weighted by atomic mass is 10.0. The number of ether oxygens (including phenoxy) is 1. The zero-order valence-electron chi connectivity index (χ0n) is 14.8. The van der Waals surface area contributed by atoms with Gasteiger partial charge in [0.2, 0.25) is 0 Å². The van der Waals surface area contributed by atoms with Crippen molar-refractivity contribution < 1.29 is 9.53 Å². The van der Waals surface area contributed by atoms with Crippen molar-refractivity contribution in [1.29, 1.82) is 0 Å². The number of hydrogen-bond acceptors (Lipinski definition) is 4. The van der Waals surface area contributed by atoms with Gasteiger partial charge < -0.3 is 10.1 Å². The molecule has 0 unspecified atom stereocenters. The highest BCUT2D eigenvalue weighted by atomic mass is 16.5. The zero-order chi connectivity index (χ0) is 18.4. The van der Waals surface area contributed by atoms with Crippen LogP contribution in [0.1, 0.15) is 11.1 Å². The van der Waals surface area contributed by atoms with Crippen LogP contribution in [0.15, 0.2) is 65.8 Å². The average molecular weight is 347 g/mol. The van der Waals surface area contributed by atoms with E-state index in [4.69, 9.17) is 4.74 Å². The van der Waals surface area contributed by atoms with Crippen LogP contribution in [0.5, 0.6) is 5.75 Å². The quantitative estimate of drug-likeness (QED) is 0.528. The van der Waals surface area contributed by atoms with Crippen molar-refractivity contribution in [2.75, 3.05) is 19.0 Å². The minimum Gasteiger partial charge on any atom is -0.496 e. The predicted octanol–water partition coefficient (Wildman–Crippen LogP) is 3.72. The van der Waals surface area contributed by atoms with Crippen LogP contribution < -0.4 is 15.5 Å². The van der Waals surface area contributed by atoms with Crippen LogP contribution in [0.2, 0.25) is 0 Å². The first-order valence-corrected chi connectivity index (χ1v) is 8.36. The number of benzene rings is 3. The van der Waals surface area contributed by atoms with Crippen LogP contribution in [0, 0.1) is 6.92 Å². The van der Waals surface area contributed by atoms with E-state index in [-0.39, 0.29) is 12.5 Å². The van der Waals surface area contributed by atoms with E-state index < -0.39 is 0 Å². The molecule has 26 heavy (non-hydrogen) atoms. The summed E-state index contributed by atoms with van der Waals surface area (Å²) in [5.74, 6) is 0.603. The van der Waals surface area contributed by atoms with E-state index in [1.165, 1.54) is 0 Å². The third-order valence-corrected chi connectivity index (χ3v) is 4.12. The fourth-order valence-electron chi connectivity index (χ4n) is 2.75. The molecular formula is C21H21N3O2. The Labute approximate surface area is 152 Å². The molecule has 0 saturated carbocycles. The summed E-state index contributed by atoms with van der Waals surface area (Å²) in [4.78, 5) is 12.0. The molecule has 0 saturated heterocycles. The van der Waals surface area contributed by atoms with Crippen molar-refractivity contribution in [2.24, 2.45) is 5.10 Å². The molecule has 5 heteroatoms. The first kappa shape index (κ1) is 17.5. The number of methoxy groups -OCH3 is 1. The summed E-state index contributed by atoms with van der Waals surface area (Å²) in [6.45, 7) is 2.15. The maximum absolute atomic E-state index is 12.0. The van der Waals surface area contributed by atoms with Gasteiger partial charge >= 0.3 is 0 Å². The number of amides is 1. The standard InChI is InChI=1S/C21H21N3O2/c1-15-7-3-6-10-19(15)22-14-21(25)24-23-13-16-11-12-20(26-2)18-9-5-4-8-17(16)18/h3-13,22H,14H2,1-2H3,(H,24,25)/b23-13-. The molecule has 0 aliphatic heterocycles. The van der Waals surface area contributed by atoms with Gasteiger partial charge in [-0.3, -0.25) is 4.79 Å². The molecule has 0 spiro atoms. The van der Waals surface area contributed by atoms with Gasteiger partial charge in [-0.05, 0) is 36.1 Å². The summed E-state index contributed by atoms with van der Waals surface area (Å²) < 4.78 is 5.39. The van der Waals surface area contributed by atoms with Gasteiger partial charge in [-0.15, -0.1) is 0 Å². The Hall–Kier alpha value is -3.34. The number of hydrogen-bond donors (Lipinski definition) is 2. The number of para-hydroxylation sites is 1. The average Bonchev–Trinajstić information content (AvgIpc) is 2.67. The van der Waals surface area contributed by atoms with Crippen molar-refractivity contribution in [3.8, 4) is 5.75 Å². The summed E-state index contributed by atoms with van der Waals surface area (Å²) in [7, 11) is 1.65. The Morgan fingerprint density at radius 2 is 1.77 bits per heavy atom. The van der Waals surface area contributed by atoms with Gasteiger partial charge in [0, 0.05) is 16.6 Å². The van der Waals surface area contributed by atoms with Crippen LogP contribution in [0.25, 0.3) is 10.8 Å². The van der Waals surface area contributed by atoms with Crippen LogP contribution in [-0.4, -0.2) is 25.8 Å². The van der Waals surface area contributed by atoms with Gasteiger partial charge in [0.25, 0.3) is 5.91 Å². The van der Waals surface area contributed by atoms with Crippen molar-refractivity contribution in [3.63, 3.8) is 0 Å². The molecule has 5 nitrogen and oxygen atoms in total. The van der Waals surface area contributed by atoms with Gasteiger partial charge in [-0.25, -0.2) is 5.43 Å². The largest absolute Gasteiger partial charge is 0.496 e. The SMILES string of the molecule is COc1ccc(/C=N\NC(=O)CNc2ccccc2C)c2ccccc12. The van der Waals surface area contributed by atoms with Gasteiger partial charge in [0.05, 0.1) is 19.9 Å². The van der Waals surface area contributed by atoms with E-state index >= 15 is 0 Å². The van der Waals surface area contributed by atoms with E-state index in [1.54, 1.807) is 13.3 Å². The predicted molar refractivity (Wildman–Crippen MR) is 106 cm³/mol. The van der Waals surface area contributed by atoms with Crippen molar-refractivity contribution in [2.45, 2.75) is 6.92 Å². The van der Waals surface area contributed by atoms with Crippen molar-refractivity contribution >= 4 is 28.6 Å². The lowest BCUT2D eigenvalue weighted by Gasteiger charge is -2.08. The van der Waals surface area contributed by atoms with Crippen LogP contribution >= 0.6 is 0 Å². The van der Waals surface area contributed by atoms with Crippen LogP contribution in [-0.2, 0) is 4.79 Å². The summed E-state index contributed by atoms with van der Waals surface area (Å²) in [6, 6.07) is 19.6. The van der Waals surface area contributed by atoms with Gasteiger partial charge in [0.1, 0.15) is 5.75 Å². The van der Waals surface area contributed by atoms with Crippen molar-refractivity contribution in [3.05, 3.63) is 71.8 Å². The second-order valence-electron chi connectivity index (χ2n) is 5.86. The molecular weight excluding hydrogens is 326 g/mol. The molecule has 1 amide bonds. The number of carbonyl (C=O) groups is 1. The Morgan fingerprint density at radius 1 is 1.04 bits per heavy atom. The maximum atomic E-state index is 12.0. The second-order valence-corrected chi connectivity index (χ2v) is 5.86. The van der Waals surface area contributed by atoms with E-state index in [2.05, 4.69) is 15.8 Å². The third kappa shape index (κ3) is 4.00. The number of rotatable bonds is 6.